The first kappa shape index (κ1) is 31.0. The van der Waals surface area contributed by atoms with E-state index in [2.05, 4.69) is 0 Å². The molecule has 12 nitrogen and oxygen atoms in total. The first-order valence-electron chi connectivity index (χ1n) is 12.1. The van der Waals surface area contributed by atoms with E-state index in [1.807, 2.05) is 20.8 Å². The number of rotatable bonds is 7. The molecule has 0 aromatic rings. The van der Waals surface area contributed by atoms with Crippen molar-refractivity contribution in [1.82, 2.24) is 14.7 Å². The normalized spacial score (nSPS) is 16.5. The molecular formula is C24H41N3O9. The summed E-state index contributed by atoms with van der Waals surface area (Å²) in [6.07, 6.45) is 0.889. The maximum Gasteiger partial charge on any atom is 0.410 e. The Labute approximate surface area is 212 Å². The molecule has 3 amide bonds. The number of piperazine rings is 1. The lowest BCUT2D eigenvalue weighted by Gasteiger charge is -2.39. The summed E-state index contributed by atoms with van der Waals surface area (Å²) in [7, 11) is 0. The van der Waals surface area contributed by atoms with E-state index in [0.29, 0.717) is 38.5 Å². The molecule has 0 unspecified atom stereocenters. The highest BCUT2D eigenvalue weighted by Crippen LogP contribution is 2.23. The van der Waals surface area contributed by atoms with Gasteiger partial charge < -0.3 is 29.5 Å². The van der Waals surface area contributed by atoms with Crippen molar-refractivity contribution in [1.29, 1.82) is 0 Å². The Hall–Kier alpha value is -3.05. The number of carbonyl (C=O) groups is 5. The van der Waals surface area contributed by atoms with Crippen LogP contribution >= 0.6 is 0 Å². The van der Waals surface area contributed by atoms with E-state index < -0.39 is 29.2 Å². The third-order valence-corrected chi connectivity index (χ3v) is 5.18. The van der Waals surface area contributed by atoms with Gasteiger partial charge in [-0.1, -0.05) is 0 Å². The number of aliphatic carboxylic acids is 2. The molecule has 0 aliphatic carbocycles. The molecule has 0 bridgehead atoms. The van der Waals surface area contributed by atoms with Crippen LogP contribution in [0.3, 0.4) is 0 Å². The zero-order valence-corrected chi connectivity index (χ0v) is 22.2. The molecule has 12 heteroatoms. The summed E-state index contributed by atoms with van der Waals surface area (Å²) in [5, 5.41) is 17.1. The third kappa shape index (κ3) is 12.6. The van der Waals surface area contributed by atoms with Crippen LogP contribution in [0, 0.1) is 5.92 Å². The molecule has 0 aromatic carbocycles. The van der Waals surface area contributed by atoms with E-state index in [0.717, 1.165) is 6.42 Å². The summed E-state index contributed by atoms with van der Waals surface area (Å²) < 4.78 is 10.4. The number of carboxylic acids is 2. The minimum absolute atomic E-state index is 0.0610. The van der Waals surface area contributed by atoms with Gasteiger partial charge in [0.15, 0.2) is 0 Å². The van der Waals surface area contributed by atoms with Gasteiger partial charge in [0, 0.05) is 39.1 Å². The van der Waals surface area contributed by atoms with Gasteiger partial charge >= 0.3 is 24.1 Å². The molecule has 2 rings (SSSR count). The molecule has 2 heterocycles. The van der Waals surface area contributed by atoms with Crippen molar-refractivity contribution in [3.8, 4) is 0 Å². The van der Waals surface area contributed by atoms with Gasteiger partial charge in [0.1, 0.15) is 17.7 Å². The third-order valence-electron chi connectivity index (χ3n) is 5.18. The number of ether oxygens (including phenoxy) is 2. The van der Waals surface area contributed by atoms with E-state index in [1.165, 1.54) is 9.80 Å². The van der Waals surface area contributed by atoms with Gasteiger partial charge in [0.2, 0.25) is 5.91 Å². The summed E-state index contributed by atoms with van der Waals surface area (Å²) in [6.45, 7) is 13.0. The fraction of sp³-hybridized carbons (Fsp3) is 0.792. The van der Waals surface area contributed by atoms with E-state index in [4.69, 9.17) is 19.7 Å². The quantitative estimate of drug-likeness (QED) is 0.521. The fourth-order valence-corrected chi connectivity index (χ4v) is 3.43. The van der Waals surface area contributed by atoms with E-state index >= 15 is 0 Å². The highest BCUT2D eigenvalue weighted by Gasteiger charge is 2.33. The van der Waals surface area contributed by atoms with Crippen LogP contribution in [0.15, 0.2) is 0 Å². The lowest BCUT2D eigenvalue weighted by atomic mass is 9.94. The first-order valence-corrected chi connectivity index (χ1v) is 12.1. The smallest absolute Gasteiger partial charge is 0.410 e. The maximum atomic E-state index is 11.8. The van der Waals surface area contributed by atoms with Gasteiger partial charge in [-0.3, -0.25) is 19.3 Å². The Morgan fingerprint density at radius 3 is 1.78 bits per heavy atom. The number of carbonyl (C=O) groups excluding carboxylic acids is 3. The minimum Gasteiger partial charge on any atom is -0.481 e. The molecule has 0 spiro atoms. The van der Waals surface area contributed by atoms with Crippen LogP contribution in [0.5, 0.6) is 0 Å². The molecule has 206 valence electrons. The molecule has 2 aliphatic rings. The van der Waals surface area contributed by atoms with Gasteiger partial charge in [-0.05, 0) is 60.3 Å². The van der Waals surface area contributed by atoms with E-state index in [9.17, 15) is 24.0 Å². The van der Waals surface area contributed by atoms with E-state index in [-0.39, 0.29) is 37.9 Å². The Bertz CT molecular complexity index is 796. The summed E-state index contributed by atoms with van der Waals surface area (Å²) >= 11 is 0. The summed E-state index contributed by atoms with van der Waals surface area (Å²) in [4.78, 5) is 60.4. The average molecular weight is 516 g/mol. The number of hydrogen-bond acceptors (Lipinski definition) is 7. The SMILES string of the molecule is CC(C)(C)OC(=O)N1CC(CCCC(=O)O)C1.CC(C)(C)OC(=O)N1CCN(CCC(=O)O)C(=O)C1. The van der Waals surface area contributed by atoms with Crippen LogP contribution in [-0.4, -0.2) is 105 Å². The molecule has 2 saturated heterocycles. The van der Waals surface area contributed by atoms with Crippen LogP contribution in [0.4, 0.5) is 9.59 Å². The van der Waals surface area contributed by atoms with Crippen molar-refractivity contribution in [2.75, 3.05) is 39.3 Å². The predicted octanol–water partition coefficient (Wildman–Crippen LogP) is 2.65. The molecule has 2 N–H and O–H groups in total. The zero-order chi connectivity index (χ0) is 27.7. The van der Waals surface area contributed by atoms with Crippen molar-refractivity contribution in [3.05, 3.63) is 0 Å². The van der Waals surface area contributed by atoms with Gasteiger partial charge in [-0.25, -0.2) is 9.59 Å². The zero-order valence-electron chi connectivity index (χ0n) is 22.2. The second-order valence-corrected chi connectivity index (χ2v) is 11.0. The molecule has 0 atom stereocenters. The topological polar surface area (TPSA) is 154 Å². The predicted molar refractivity (Wildman–Crippen MR) is 129 cm³/mol. The molecule has 0 saturated carbocycles. The second-order valence-electron chi connectivity index (χ2n) is 11.0. The van der Waals surface area contributed by atoms with Crippen molar-refractivity contribution < 1.29 is 43.7 Å². The van der Waals surface area contributed by atoms with Gasteiger partial charge in [0.05, 0.1) is 6.42 Å². The van der Waals surface area contributed by atoms with Gasteiger partial charge in [-0.2, -0.15) is 0 Å². The summed E-state index contributed by atoms with van der Waals surface area (Å²) in [5.74, 6) is -1.52. The highest BCUT2D eigenvalue weighted by molar-refractivity contribution is 5.84. The Balaban J connectivity index is 0.000000362. The van der Waals surface area contributed by atoms with Crippen LogP contribution in [0.1, 0.15) is 67.2 Å². The lowest BCUT2D eigenvalue weighted by Crippen LogP contribution is -2.53. The van der Waals surface area contributed by atoms with Crippen LogP contribution in [-0.2, 0) is 23.9 Å². The largest absolute Gasteiger partial charge is 0.481 e. The van der Waals surface area contributed by atoms with Gasteiger partial charge in [-0.15, -0.1) is 0 Å². The number of amides is 3. The standard InChI is InChI=1S/C12H20N2O5.C12H21NO4/c1-12(2,3)19-11(18)14-7-6-13(9(15)8-14)5-4-10(16)17;1-12(2,3)17-11(16)13-7-9(8-13)5-4-6-10(14)15/h4-8H2,1-3H3,(H,16,17);9H,4-8H2,1-3H3,(H,14,15). The van der Waals surface area contributed by atoms with Crippen LogP contribution in [0.25, 0.3) is 0 Å². The van der Waals surface area contributed by atoms with Crippen molar-refractivity contribution in [3.63, 3.8) is 0 Å². The van der Waals surface area contributed by atoms with Crippen molar-refractivity contribution >= 4 is 30.0 Å². The number of nitrogens with zero attached hydrogens (tertiary/aromatic N) is 3. The fourth-order valence-electron chi connectivity index (χ4n) is 3.43. The van der Waals surface area contributed by atoms with Crippen LogP contribution < -0.4 is 0 Å². The Morgan fingerprint density at radius 2 is 1.33 bits per heavy atom. The number of hydrogen-bond donors (Lipinski definition) is 2. The molecule has 2 aliphatic heterocycles. The second kappa shape index (κ2) is 13.3. The Morgan fingerprint density at radius 1 is 0.833 bits per heavy atom. The summed E-state index contributed by atoms with van der Waals surface area (Å²) in [5.41, 5.74) is -1.05. The van der Waals surface area contributed by atoms with Crippen molar-refractivity contribution in [2.24, 2.45) is 5.92 Å². The molecule has 2 fully saturated rings. The van der Waals surface area contributed by atoms with E-state index in [1.54, 1.807) is 25.7 Å². The maximum absolute atomic E-state index is 11.8. The number of likely N-dealkylation sites (tertiary alicyclic amines) is 1. The van der Waals surface area contributed by atoms with Gasteiger partial charge in [0.25, 0.3) is 0 Å². The number of carboxylic acid groups (broad SMARTS) is 2. The molecule has 36 heavy (non-hydrogen) atoms. The van der Waals surface area contributed by atoms with Crippen molar-refractivity contribution in [2.45, 2.75) is 78.4 Å². The molecular weight excluding hydrogens is 474 g/mol. The van der Waals surface area contributed by atoms with Crippen LogP contribution in [0.2, 0.25) is 0 Å². The lowest BCUT2D eigenvalue weighted by molar-refractivity contribution is -0.140. The Kier molecular flexibility index (Phi) is 11.5. The monoisotopic (exact) mass is 515 g/mol. The highest BCUT2D eigenvalue weighted by atomic mass is 16.6. The molecule has 0 aromatic heterocycles. The molecule has 0 radical (unpaired) electrons. The summed E-state index contributed by atoms with van der Waals surface area (Å²) in [6, 6.07) is 0. The average Bonchev–Trinajstić information content (AvgIpc) is 2.66. The first-order chi connectivity index (χ1) is 16.5. The minimum atomic E-state index is -0.942.